The van der Waals surface area contributed by atoms with Gasteiger partial charge in [-0.1, -0.05) is 12.1 Å². The fourth-order valence-electron chi connectivity index (χ4n) is 2.11. The molecule has 3 aromatic rings. The maximum Gasteiger partial charge on any atom is 0.229 e. The fraction of sp³-hybridized carbons (Fsp3) is 0.0588. The number of amides is 1. The number of halogens is 1. The third kappa shape index (κ3) is 3.62. The zero-order valence-corrected chi connectivity index (χ0v) is 13.3. The van der Waals surface area contributed by atoms with E-state index in [0.717, 1.165) is 15.7 Å². The van der Waals surface area contributed by atoms with Crippen molar-refractivity contribution in [1.82, 2.24) is 9.55 Å². The van der Waals surface area contributed by atoms with Gasteiger partial charge in [0.2, 0.25) is 5.91 Å². The van der Waals surface area contributed by atoms with Gasteiger partial charge in [-0.05, 0) is 57.9 Å². The van der Waals surface area contributed by atoms with Gasteiger partial charge in [0.1, 0.15) is 5.82 Å². The van der Waals surface area contributed by atoms with Crippen LogP contribution in [0.25, 0.3) is 5.69 Å². The normalized spacial score (nSPS) is 10.4. The van der Waals surface area contributed by atoms with Crippen molar-refractivity contribution in [2.75, 3.05) is 5.32 Å². The number of aromatic nitrogens is 2. The number of rotatable bonds is 4. The van der Waals surface area contributed by atoms with Crippen LogP contribution >= 0.6 is 15.9 Å². The van der Waals surface area contributed by atoms with E-state index in [1.54, 1.807) is 12.3 Å². The van der Waals surface area contributed by atoms with Gasteiger partial charge in [0.15, 0.2) is 0 Å². The molecule has 2 aromatic heterocycles. The molecule has 1 amide bonds. The highest BCUT2D eigenvalue weighted by Crippen LogP contribution is 2.13. The monoisotopic (exact) mass is 355 g/mol. The number of pyridine rings is 1. The highest BCUT2D eigenvalue weighted by Gasteiger charge is 2.05. The summed E-state index contributed by atoms with van der Waals surface area (Å²) in [4.78, 5) is 16.1. The van der Waals surface area contributed by atoms with E-state index in [-0.39, 0.29) is 5.91 Å². The summed E-state index contributed by atoms with van der Waals surface area (Å²) in [6.45, 7) is 0. The molecule has 0 saturated carbocycles. The lowest BCUT2D eigenvalue weighted by molar-refractivity contribution is -0.115. The van der Waals surface area contributed by atoms with E-state index < -0.39 is 0 Å². The van der Waals surface area contributed by atoms with Gasteiger partial charge in [-0.2, -0.15) is 0 Å². The zero-order chi connectivity index (χ0) is 15.4. The van der Waals surface area contributed by atoms with Gasteiger partial charge in [0.05, 0.1) is 6.42 Å². The maximum absolute atomic E-state index is 12.0. The Hall–Kier alpha value is -2.40. The first-order chi connectivity index (χ1) is 10.7. The summed E-state index contributed by atoms with van der Waals surface area (Å²) in [5.41, 5.74) is 2.04. The standard InChI is InChI=1S/C17H14BrN3O/c18-14-5-8-16(19-12-14)20-17(22)11-13-3-6-15(7-4-13)21-9-1-2-10-21/h1-10,12H,11H2,(H,19,20,22). The summed E-state index contributed by atoms with van der Waals surface area (Å²) < 4.78 is 2.90. The quantitative estimate of drug-likeness (QED) is 0.773. The number of hydrogen-bond acceptors (Lipinski definition) is 2. The van der Waals surface area contributed by atoms with E-state index >= 15 is 0 Å². The number of carbonyl (C=O) groups is 1. The lowest BCUT2D eigenvalue weighted by Gasteiger charge is -2.06. The largest absolute Gasteiger partial charge is 0.324 e. The van der Waals surface area contributed by atoms with Crippen LogP contribution in [-0.4, -0.2) is 15.5 Å². The minimum atomic E-state index is -0.0801. The van der Waals surface area contributed by atoms with E-state index in [4.69, 9.17) is 0 Å². The van der Waals surface area contributed by atoms with Crippen LogP contribution < -0.4 is 5.32 Å². The van der Waals surface area contributed by atoms with Crippen LogP contribution in [-0.2, 0) is 11.2 Å². The van der Waals surface area contributed by atoms with Crippen LogP contribution in [0.3, 0.4) is 0 Å². The number of hydrogen-bond donors (Lipinski definition) is 1. The lowest BCUT2D eigenvalue weighted by atomic mass is 10.1. The number of anilines is 1. The van der Waals surface area contributed by atoms with Crippen LogP contribution in [0, 0.1) is 0 Å². The molecule has 1 N–H and O–H groups in total. The second kappa shape index (κ2) is 6.58. The molecule has 0 aliphatic heterocycles. The van der Waals surface area contributed by atoms with Gasteiger partial charge in [-0.15, -0.1) is 0 Å². The molecular weight excluding hydrogens is 342 g/mol. The first-order valence-corrected chi connectivity index (χ1v) is 7.64. The molecule has 2 heterocycles. The first-order valence-electron chi connectivity index (χ1n) is 6.84. The first kappa shape index (κ1) is 14.5. The Morgan fingerprint density at radius 3 is 2.45 bits per heavy atom. The van der Waals surface area contributed by atoms with E-state index in [0.29, 0.717) is 12.2 Å². The molecule has 0 radical (unpaired) electrons. The van der Waals surface area contributed by atoms with Crippen molar-refractivity contribution in [2.45, 2.75) is 6.42 Å². The summed E-state index contributed by atoms with van der Waals surface area (Å²) >= 11 is 3.31. The summed E-state index contributed by atoms with van der Waals surface area (Å²) in [5, 5.41) is 2.78. The van der Waals surface area contributed by atoms with Crippen LogP contribution in [0.4, 0.5) is 5.82 Å². The van der Waals surface area contributed by atoms with Crippen LogP contribution in [0.2, 0.25) is 0 Å². The fourth-order valence-corrected chi connectivity index (χ4v) is 2.35. The smallest absolute Gasteiger partial charge is 0.229 e. The highest BCUT2D eigenvalue weighted by atomic mass is 79.9. The Morgan fingerprint density at radius 2 is 1.82 bits per heavy atom. The Balaban J connectivity index is 1.63. The molecule has 3 rings (SSSR count). The minimum Gasteiger partial charge on any atom is -0.324 e. The molecule has 110 valence electrons. The third-order valence-corrected chi connectivity index (χ3v) is 3.67. The lowest BCUT2D eigenvalue weighted by Crippen LogP contribution is -2.15. The number of carbonyl (C=O) groups excluding carboxylic acids is 1. The molecule has 0 atom stereocenters. The highest BCUT2D eigenvalue weighted by molar-refractivity contribution is 9.10. The van der Waals surface area contributed by atoms with Gasteiger partial charge in [-0.25, -0.2) is 4.98 Å². The molecular formula is C17H14BrN3O. The van der Waals surface area contributed by atoms with Crippen LogP contribution in [0.15, 0.2) is 71.6 Å². The predicted octanol–water partition coefficient (Wildman–Crippen LogP) is 3.82. The van der Waals surface area contributed by atoms with Crippen molar-refractivity contribution in [3.63, 3.8) is 0 Å². The molecule has 0 spiro atoms. The maximum atomic E-state index is 12.0. The predicted molar refractivity (Wildman–Crippen MR) is 90.0 cm³/mol. The molecule has 4 nitrogen and oxygen atoms in total. The second-order valence-electron chi connectivity index (χ2n) is 4.84. The second-order valence-corrected chi connectivity index (χ2v) is 5.76. The van der Waals surface area contributed by atoms with E-state index in [1.165, 1.54) is 0 Å². The molecule has 0 saturated heterocycles. The Bertz CT molecular complexity index is 750. The molecule has 0 aliphatic rings. The molecule has 0 fully saturated rings. The van der Waals surface area contributed by atoms with Crippen molar-refractivity contribution in [3.8, 4) is 5.69 Å². The van der Waals surface area contributed by atoms with E-state index in [1.807, 2.05) is 59.4 Å². The van der Waals surface area contributed by atoms with Gasteiger partial charge < -0.3 is 9.88 Å². The van der Waals surface area contributed by atoms with Gasteiger partial charge >= 0.3 is 0 Å². The van der Waals surface area contributed by atoms with E-state index in [2.05, 4.69) is 26.2 Å². The van der Waals surface area contributed by atoms with Gasteiger partial charge in [-0.3, -0.25) is 4.79 Å². The molecule has 1 aromatic carbocycles. The number of nitrogens with zero attached hydrogens (tertiary/aromatic N) is 2. The van der Waals surface area contributed by atoms with Crippen LogP contribution in [0.5, 0.6) is 0 Å². The summed E-state index contributed by atoms with van der Waals surface area (Å²) in [5.74, 6) is 0.473. The van der Waals surface area contributed by atoms with Gasteiger partial charge in [0, 0.05) is 28.8 Å². The molecule has 0 aliphatic carbocycles. The van der Waals surface area contributed by atoms with Gasteiger partial charge in [0.25, 0.3) is 0 Å². The van der Waals surface area contributed by atoms with E-state index in [9.17, 15) is 4.79 Å². The zero-order valence-electron chi connectivity index (χ0n) is 11.7. The molecule has 22 heavy (non-hydrogen) atoms. The molecule has 5 heteroatoms. The number of nitrogens with one attached hydrogen (secondary N) is 1. The Morgan fingerprint density at radius 1 is 1.09 bits per heavy atom. The van der Waals surface area contributed by atoms with Crippen molar-refractivity contribution < 1.29 is 4.79 Å². The number of benzene rings is 1. The van der Waals surface area contributed by atoms with Crippen LogP contribution in [0.1, 0.15) is 5.56 Å². The summed E-state index contributed by atoms with van der Waals surface area (Å²) in [6, 6.07) is 15.5. The molecule has 0 unspecified atom stereocenters. The Labute approximate surface area is 136 Å². The average molecular weight is 356 g/mol. The topological polar surface area (TPSA) is 46.9 Å². The summed E-state index contributed by atoms with van der Waals surface area (Å²) in [6.07, 6.45) is 5.95. The van der Waals surface area contributed by atoms with Crippen molar-refractivity contribution in [2.24, 2.45) is 0 Å². The minimum absolute atomic E-state index is 0.0801. The van der Waals surface area contributed by atoms with Crippen molar-refractivity contribution in [1.29, 1.82) is 0 Å². The SMILES string of the molecule is O=C(Cc1ccc(-n2cccc2)cc1)Nc1ccc(Br)cn1. The van der Waals surface area contributed by atoms with Crippen molar-refractivity contribution in [3.05, 3.63) is 77.2 Å². The van der Waals surface area contributed by atoms with Crippen molar-refractivity contribution >= 4 is 27.7 Å². The third-order valence-electron chi connectivity index (χ3n) is 3.20. The molecule has 0 bridgehead atoms. The average Bonchev–Trinajstić information content (AvgIpc) is 3.05. The Kier molecular flexibility index (Phi) is 4.34. The summed E-state index contributed by atoms with van der Waals surface area (Å²) in [7, 11) is 0.